The lowest BCUT2D eigenvalue weighted by atomic mass is 10.2. The van der Waals surface area contributed by atoms with Crippen molar-refractivity contribution >= 4 is 12.4 Å². The number of benzene rings is 1. The van der Waals surface area contributed by atoms with Gasteiger partial charge in [0, 0.05) is 6.21 Å². The quantitative estimate of drug-likeness (QED) is 0.224. The fourth-order valence-electron chi connectivity index (χ4n) is 0.864. The van der Waals surface area contributed by atoms with Crippen LogP contribution in [0.5, 0.6) is 11.5 Å². The first-order chi connectivity index (χ1) is 6.67. The fourth-order valence-corrected chi connectivity index (χ4v) is 0.864. The maximum atomic E-state index is 10.2. The monoisotopic (exact) mass is 197 g/mol. The van der Waals surface area contributed by atoms with E-state index >= 15 is 0 Å². The predicted molar refractivity (Wildman–Crippen MR) is 46.2 cm³/mol. The van der Waals surface area contributed by atoms with Crippen LogP contribution in [0.3, 0.4) is 0 Å². The van der Waals surface area contributed by atoms with Crippen LogP contribution in [0.25, 0.3) is 0 Å². The van der Waals surface area contributed by atoms with Gasteiger partial charge >= 0.3 is 6.16 Å². The molecule has 1 aromatic rings. The van der Waals surface area contributed by atoms with Gasteiger partial charge in [0.2, 0.25) is 5.75 Å². The fraction of sp³-hybridized carbons (Fsp3) is 0. The Balaban J connectivity index is 3.04. The summed E-state index contributed by atoms with van der Waals surface area (Å²) in [5, 5.41) is 23.6. The first-order valence-electron chi connectivity index (χ1n) is 3.54. The molecular weight excluding hydrogens is 190 g/mol. The van der Waals surface area contributed by atoms with Crippen LogP contribution in [-0.4, -0.2) is 22.7 Å². The summed E-state index contributed by atoms with van der Waals surface area (Å²) < 4.78 is 4.29. The average Bonchev–Trinajstić information content (AvgIpc) is 2.17. The predicted octanol–water partition coefficient (Wildman–Crippen LogP) is 1.59. The smallest absolute Gasteiger partial charge is 0.449 e. The highest BCUT2D eigenvalue weighted by Gasteiger charge is 2.09. The third kappa shape index (κ3) is 2.20. The summed E-state index contributed by atoms with van der Waals surface area (Å²) in [4.78, 5) is 14.1. The van der Waals surface area contributed by atoms with E-state index in [1.54, 1.807) is 0 Å². The molecule has 0 saturated carbocycles. The summed E-state index contributed by atoms with van der Waals surface area (Å²) in [5.41, 5.74) is 0.451. The van der Waals surface area contributed by atoms with Gasteiger partial charge in [-0.15, -0.1) is 0 Å². The maximum absolute atomic E-state index is 10.2. The molecule has 0 radical (unpaired) electrons. The summed E-state index contributed by atoms with van der Waals surface area (Å²) >= 11 is 0. The zero-order valence-electron chi connectivity index (χ0n) is 6.93. The van der Waals surface area contributed by atoms with Crippen molar-refractivity contribution in [3.05, 3.63) is 23.8 Å². The van der Waals surface area contributed by atoms with Crippen LogP contribution in [0.4, 0.5) is 4.79 Å². The Hall–Kier alpha value is -2.08. The van der Waals surface area contributed by atoms with Crippen LogP contribution < -0.4 is 9.62 Å². The second-order valence-electron chi connectivity index (χ2n) is 2.31. The molecule has 6 heteroatoms. The van der Waals surface area contributed by atoms with E-state index in [4.69, 9.17) is 15.8 Å². The van der Waals surface area contributed by atoms with Crippen LogP contribution >= 0.6 is 0 Å². The minimum absolute atomic E-state index is 0.134. The third-order valence-electron chi connectivity index (χ3n) is 1.43. The third-order valence-corrected chi connectivity index (χ3v) is 1.43. The molecule has 74 valence electrons. The van der Waals surface area contributed by atoms with Crippen molar-refractivity contribution in [1.82, 2.24) is 0 Å². The highest BCUT2D eigenvalue weighted by atomic mass is 17.1. The highest BCUT2D eigenvalue weighted by molar-refractivity contribution is 5.78. The number of ether oxygens (including phenoxy) is 1. The largest absolute Gasteiger partial charge is 0.511 e. The van der Waals surface area contributed by atoms with Crippen LogP contribution in [0, 0.1) is 5.41 Å². The first-order valence-corrected chi connectivity index (χ1v) is 3.54. The second kappa shape index (κ2) is 4.24. The molecule has 0 saturated heterocycles. The Morgan fingerprint density at radius 3 is 2.64 bits per heavy atom. The van der Waals surface area contributed by atoms with Crippen molar-refractivity contribution in [3.8, 4) is 11.5 Å². The maximum Gasteiger partial charge on any atom is 0.511 e. The van der Waals surface area contributed by atoms with Crippen molar-refractivity contribution in [1.29, 1.82) is 5.41 Å². The van der Waals surface area contributed by atoms with Crippen LogP contribution in [0.15, 0.2) is 18.2 Å². The molecule has 0 spiro atoms. The Morgan fingerprint density at radius 2 is 2.14 bits per heavy atom. The summed E-state index contributed by atoms with van der Waals surface area (Å²) in [6, 6.07) is 4.00. The van der Waals surface area contributed by atoms with Crippen LogP contribution in [-0.2, 0) is 0 Å². The van der Waals surface area contributed by atoms with Gasteiger partial charge < -0.3 is 20.1 Å². The van der Waals surface area contributed by atoms with Gasteiger partial charge in [-0.2, -0.15) is 0 Å². The molecule has 0 amide bonds. The summed E-state index contributed by atoms with van der Waals surface area (Å²) in [6.45, 7) is 0. The van der Waals surface area contributed by atoms with E-state index in [9.17, 15) is 4.79 Å². The molecule has 0 fully saturated rings. The number of rotatable bonds is 3. The zero-order valence-corrected chi connectivity index (χ0v) is 6.93. The SMILES string of the molecule is N=Cc1ccc(OC(=O)O)c(OO)c1. The van der Waals surface area contributed by atoms with E-state index in [1.165, 1.54) is 18.2 Å². The van der Waals surface area contributed by atoms with Gasteiger partial charge in [-0.3, -0.25) is 0 Å². The average molecular weight is 197 g/mol. The van der Waals surface area contributed by atoms with Gasteiger partial charge in [0.1, 0.15) is 0 Å². The molecular formula is C8H7NO5. The number of hydrogen-bond donors (Lipinski definition) is 3. The van der Waals surface area contributed by atoms with Gasteiger partial charge in [0.05, 0.1) is 0 Å². The van der Waals surface area contributed by atoms with Gasteiger partial charge in [-0.1, -0.05) is 0 Å². The van der Waals surface area contributed by atoms with Crippen molar-refractivity contribution in [2.45, 2.75) is 0 Å². The van der Waals surface area contributed by atoms with E-state index in [0.717, 1.165) is 6.21 Å². The van der Waals surface area contributed by atoms with Crippen LogP contribution in [0.2, 0.25) is 0 Å². The van der Waals surface area contributed by atoms with Gasteiger partial charge in [-0.25, -0.2) is 10.1 Å². The summed E-state index contributed by atoms with van der Waals surface area (Å²) in [6.07, 6.45) is -0.488. The van der Waals surface area contributed by atoms with Crippen LogP contribution in [0.1, 0.15) is 5.56 Å². The Labute approximate surface area is 78.8 Å². The Bertz CT molecular complexity index is 363. The molecule has 0 aliphatic carbocycles. The molecule has 3 N–H and O–H groups in total. The Kier molecular flexibility index (Phi) is 3.03. The second-order valence-corrected chi connectivity index (χ2v) is 2.31. The van der Waals surface area contributed by atoms with Gasteiger partial charge in [0.15, 0.2) is 5.75 Å². The zero-order chi connectivity index (χ0) is 10.6. The number of hydrogen-bond acceptors (Lipinski definition) is 5. The summed E-state index contributed by atoms with van der Waals surface area (Å²) in [5.74, 6) is -0.293. The molecule has 0 heterocycles. The van der Waals surface area contributed by atoms with E-state index in [-0.39, 0.29) is 11.5 Å². The molecule has 1 aromatic carbocycles. The lowest BCUT2D eigenvalue weighted by molar-refractivity contribution is -0.138. The van der Waals surface area contributed by atoms with Crippen molar-refractivity contribution in [2.75, 3.05) is 0 Å². The van der Waals surface area contributed by atoms with E-state index in [2.05, 4.69) is 9.62 Å². The lowest BCUT2D eigenvalue weighted by Crippen LogP contribution is -2.04. The molecule has 0 bridgehead atoms. The minimum Gasteiger partial charge on any atom is -0.449 e. The topological polar surface area (TPSA) is 99.8 Å². The number of carboxylic acid groups (broad SMARTS) is 1. The molecule has 0 unspecified atom stereocenters. The van der Waals surface area contributed by atoms with E-state index in [0.29, 0.717) is 5.56 Å². The molecule has 1 rings (SSSR count). The number of nitrogens with one attached hydrogen (secondary N) is 1. The normalized spacial score (nSPS) is 9.21. The molecule has 6 nitrogen and oxygen atoms in total. The van der Waals surface area contributed by atoms with Crippen molar-refractivity contribution in [3.63, 3.8) is 0 Å². The van der Waals surface area contributed by atoms with E-state index in [1.807, 2.05) is 0 Å². The highest BCUT2D eigenvalue weighted by Crippen LogP contribution is 2.27. The van der Waals surface area contributed by atoms with E-state index < -0.39 is 6.16 Å². The number of carbonyl (C=O) groups is 1. The van der Waals surface area contributed by atoms with Gasteiger partial charge in [-0.05, 0) is 23.8 Å². The van der Waals surface area contributed by atoms with Crippen molar-refractivity contribution < 1.29 is 24.8 Å². The minimum atomic E-state index is -1.51. The molecule has 0 atom stereocenters. The molecule has 0 aliphatic heterocycles. The molecule has 14 heavy (non-hydrogen) atoms. The lowest BCUT2D eigenvalue weighted by Gasteiger charge is -2.04. The standard InChI is InChI=1S/C8H7NO5/c9-4-5-1-2-6(13-8(10)11)7(3-5)14-12/h1-4,9,12H,(H,10,11). The first kappa shape index (κ1) is 10.0. The molecule has 0 aliphatic rings. The van der Waals surface area contributed by atoms with Gasteiger partial charge in [0.25, 0.3) is 0 Å². The van der Waals surface area contributed by atoms with Crippen molar-refractivity contribution in [2.24, 2.45) is 0 Å². The Morgan fingerprint density at radius 1 is 1.43 bits per heavy atom. The molecule has 0 aromatic heterocycles. The summed E-state index contributed by atoms with van der Waals surface area (Å²) in [7, 11) is 0.